The maximum Gasteiger partial charge on any atom is 0.416 e. The van der Waals surface area contributed by atoms with Gasteiger partial charge in [0.05, 0.1) is 29.8 Å². The van der Waals surface area contributed by atoms with Crippen molar-refractivity contribution >= 4 is 23.3 Å². The fraction of sp³-hybridized carbons (Fsp3) is 0.535. The molecule has 5 aliphatic rings. The van der Waals surface area contributed by atoms with Gasteiger partial charge in [0.25, 0.3) is 0 Å². The summed E-state index contributed by atoms with van der Waals surface area (Å²) in [5.74, 6) is -1.37. The van der Waals surface area contributed by atoms with Crippen molar-refractivity contribution in [1.29, 1.82) is 5.26 Å². The molecule has 0 saturated heterocycles. The standard InChI is InChI=1S/C43H48F3NO6/c1-26-30-12-13-33-40(4,31(30)23-32(48)36(26)50)17-19-42(6)34-24-39(3,15-14-38(34,2)16-18-41(33,42)5)37(51)53-21-7-20-52-35(49)22-28(25-47)27-8-10-29(11-9-27)43(44,45)46/h8-13,22-23,34,50H,7,14-21,24H2,1-6H3/b28-22+/t34-,38-,39-,40+,41-,42+/m1/s1. The Morgan fingerprint density at radius 2 is 1.62 bits per heavy atom. The summed E-state index contributed by atoms with van der Waals surface area (Å²) in [7, 11) is 0. The largest absolute Gasteiger partial charge is 0.504 e. The molecule has 0 aromatic heterocycles. The molecule has 5 aliphatic carbocycles. The molecule has 1 N–H and O–H groups in total. The van der Waals surface area contributed by atoms with Crippen LogP contribution in [-0.2, 0) is 30.0 Å². The second-order valence-electron chi connectivity index (χ2n) is 17.0. The summed E-state index contributed by atoms with van der Waals surface area (Å²) < 4.78 is 49.7. The van der Waals surface area contributed by atoms with E-state index in [0.29, 0.717) is 18.4 Å². The Morgan fingerprint density at radius 3 is 2.28 bits per heavy atom. The number of hydrogen-bond acceptors (Lipinski definition) is 7. The first kappa shape index (κ1) is 38.3. The molecule has 0 heterocycles. The van der Waals surface area contributed by atoms with Crippen molar-refractivity contribution in [3.8, 4) is 6.07 Å². The molecule has 7 nitrogen and oxygen atoms in total. The molecular formula is C43H48F3NO6. The number of nitriles is 1. The minimum atomic E-state index is -4.52. The van der Waals surface area contributed by atoms with Crippen LogP contribution in [0.25, 0.3) is 5.57 Å². The van der Waals surface area contributed by atoms with Gasteiger partial charge in [0.1, 0.15) is 6.07 Å². The Morgan fingerprint density at radius 1 is 0.962 bits per heavy atom. The monoisotopic (exact) mass is 731 g/mol. The van der Waals surface area contributed by atoms with E-state index in [0.717, 1.165) is 73.6 Å². The number of rotatable bonds is 7. The van der Waals surface area contributed by atoms with Crippen LogP contribution >= 0.6 is 0 Å². The molecule has 0 aliphatic heterocycles. The normalized spacial score (nSPS) is 33.9. The van der Waals surface area contributed by atoms with Gasteiger partial charge >= 0.3 is 18.1 Å². The first-order chi connectivity index (χ1) is 24.7. The molecule has 1 aromatic carbocycles. The van der Waals surface area contributed by atoms with Crippen molar-refractivity contribution in [2.45, 2.75) is 99.1 Å². The number of nitrogens with zero attached hydrogens (tertiary/aromatic N) is 1. The highest BCUT2D eigenvalue weighted by molar-refractivity contribution is 6.06. The summed E-state index contributed by atoms with van der Waals surface area (Å²) in [6.45, 7) is 13.2. The van der Waals surface area contributed by atoms with E-state index < -0.39 is 23.1 Å². The van der Waals surface area contributed by atoms with Crippen molar-refractivity contribution in [2.24, 2.45) is 33.0 Å². The van der Waals surface area contributed by atoms with E-state index in [-0.39, 0.29) is 75.9 Å². The Kier molecular flexibility index (Phi) is 9.53. The summed E-state index contributed by atoms with van der Waals surface area (Å²) >= 11 is 0. The second-order valence-corrected chi connectivity index (χ2v) is 17.0. The number of ether oxygens (including phenoxy) is 2. The zero-order valence-electron chi connectivity index (χ0n) is 31.3. The third-order valence-corrected chi connectivity index (χ3v) is 14.0. The van der Waals surface area contributed by atoms with Crippen LogP contribution in [0, 0.1) is 44.3 Å². The maximum atomic E-state index is 13.8. The Bertz CT molecular complexity index is 1950. The van der Waals surface area contributed by atoms with Crippen LogP contribution in [0.1, 0.15) is 104 Å². The number of fused-ring (bicyclic) bond motifs is 7. The summed E-state index contributed by atoms with van der Waals surface area (Å²) in [6.07, 6.45) is 8.76. The van der Waals surface area contributed by atoms with Gasteiger partial charge in [-0.1, -0.05) is 57.6 Å². The van der Waals surface area contributed by atoms with E-state index in [2.05, 4.69) is 39.8 Å². The summed E-state index contributed by atoms with van der Waals surface area (Å²) in [5, 5.41) is 19.9. The molecule has 3 saturated carbocycles. The number of allylic oxidation sites excluding steroid dienone is 8. The van der Waals surface area contributed by atoms with E-state index in [9.17, 15) is 37.9 Å². The number of aliphatic hydroxyl groups is 1. The lowest BCUT2D eigenvalue weighted by Crippen LogP contribution is -2.62. The second kappa shape index (κ2) is 13.2. The molecule has 6 atom stereocenters. The van der Waals surface area contributed by atoms with Gasteiger partial charge in [-0.2, -0.15) is 18.4 Å². The number of carbonyl (C=O) groups is 3. The van der Waals surface area contributed by atoms with Gasteiger partial charge in [-0.3, -0.25) is 9.59 Å². The lowest BCUT2D eigenvalue weighted by Gasteiger charge is -2.70. The minimum absolute atomic E-state index is 0.0451. The fourth-order valence-corrected chi connectivity index (χ4v) is 10.4. The topological polar surface area (TPSA) is 114 Å². The number of carbonyl (C=O) groups excluding carboxylic acids is 3. The fourth-order valence-electron chi connectivity index (χ4n) is 10.4. The van der Waals surface area contributed by atoms with Gasteiger partial charge in [-0.15, -0.1) is 0 Å². The highest BCUT2D eigenvalue weighted by Crippen LogP contribution is 2.75. The Balaban J connectivity index is 1.10. The van der Waals surface area contributed by atoms with Crippen LogP contribution in [0.4, 0.5) is 13.2 Å². The van der Waals surface area contributed by atoms with Crippen molar-refractivity contribution < 1.29 is 42.1 Å². The molecule has 0 unspecified atom stereocenters. The number of benzene rings is 1. The molecule has 1 aromatic rings. The van der Waals surface area contributed by atoms with Crippen LogP contribution in [0.5, 0.6) is 0 Å². The Labute approximate surface area is 309 Å². The third-order valence-electron chi connectivity index (χ3n) is 14.0. The van der Waals surface area contributed by atoms with Gasteiger partial charge in [0.15, 0.2) is 5.76 Å². The number of alkyl halides is 3. The third kappa shape index (κ3) is 6.28. The molecule has 282 valence electrons. The van der Waals surface area contributed by atoms with Crippen LogP contribution < -0.4 is 0 Å². The highest BCUT2D eigenvalue weighted by atomic mass is 19.4. The predicted octanol–water partition coefficient (Wildman–Crippen LogP) is 9.72. The first-order valence-electron chi connectivity index (χ1n) is 18.5. The first-order valence-corrected chi connectivity index (χ1v) is 18.5. The molecule has 0 amide bonds. The number of halogens is 3. The number of esters is 2. The van der Waals surface area contributed by atoms with Crippen LogP contribution in [-0.4, -0.2) is 36.0 Å². The molecule has 0 spiro atoms. The van der Waals surface area contributed by atoms with Crippen molar-refractivity contribution in [1.82, 2.24) is 0 Å². The smallest absolute Gasteiger partial charge is 0.416 e. The average Bonchev–Trinajstić information content (AvgIpc) is 3.11. The van der Waals surface area contributed by atoms with Gasteiger partial charge in [0.2, 0.25) is 5.78 Å². The van der Waals surface area contributed by atoms with Crippen LogP contribution in [0.2, 0.25) is 0 Å². The van der Waals surface area contributed by atoms with Crippen LogP contribution in [0.3, 0.4) is 0 Å². The van der Waals surface area contributed by atoms with Gasteiger partial charge in [-0.25, -0.2) is 4.79 Å². The number of aliphatic hydroxyl groups excluding tert-OH is 1. The van der Waals surface area contributed by atoms with Crippen molar-refractivity contribution in [2.75, 3.05) is 13.2 Å². The molecular weight excluding hydrogens is 683 g/mol. The van der Waals surface area contributed by atoms with Crippen molar-refractivity contribution in [3.63, 3.8) is 0 Å². The van der Waals surface area contributed by atoms with E-state index in [1.165, 1.54) is 5.57 Å². The van der Waals surface area contributed by atoms with E-state index in [4.69, 9.17) is 9.47 Å². The molecule has 6 rings (SSSR count). The number of hydrogen-bond donors (Lipinski definition) is 1. The zero-order valence-corrected chi connectivity index (χ0v) is 31.3. The maximum absolute atomic E-state index is 13.8. The van der Waals surface area contributed by atoms with E-state index in [1.807, 2.05) is 19.9 Å². The van der Waals surface area contributed by atoms with Gasteiger partial charge in [-0.05, 0) is 116 Å². The molecule has 0 radical (unpaired) electrons. The molecule has 53 heavy (non-hydrogen) atoms. The Hall–Kier alpha value is -4.39. The minimum Gasteiger partial charge on any atom is -0.504 e. The molecule has 0 bridgehead atoms. The predicted molar refractivity (Wildman–Crippen MR) is 192 cm³/mol. The van der Waals surface area contributed by atoms with Gasteiger partial charge < -0.3 is 14.6 Å². The zero-order chi connectivity index (χ0) is 38.8. The van der Waals surface area contributed by atoms with Crippen LogP contribution in [0.15, 0.2) is 76.6 Å². The summed E-state index contributed by atoms with van der Waals surface area (Å²) in [4.78, 5) is 39.0. The number of ketones is 1. The summed E-state index contributed by atoms with van der Waals surface area (Å²) in [6, 6.07) is 5.76. The molecule has 10 heteroatoms. The van der Waals surface area contributed by atoms with Crippen molar-refractivity contribution in [3.05, 3.63) is 87.7 Å². The molecule has 3 fully saturated rings. The SMILES string of the molecule is CC1=C(O)C(=O)C=C2C1=CC=C1[C@@]2(C)CC[C@@]2(C)[C@@H]3C[C@](C)(C(=O)OCCCOC(=O)/C=C(\C#N)c4ccc(C(F)(F)F)cc4)CC[C@]3(C)CC[C@]12C. The quantitative estimate of drug-likeness (QED) is 0.129. The average molecular weight is 732 g/mol. The highest BCUT2D eigenvalue weighted by Gasteiger charge is 2.67. The van der Waals surface area contributed by atoms with E-state index in [1.54, 1.807) is 6.08 Å². The summed E-state index contributed by atoms with van der Waals surface area (Å²) in [5.41, 5.74) is 1.80. The van der Waals surface area contributed by atoms with Gasteiger partial charge in [0, 0.05) is 23.5 Å². The lowest BCUT2D eigenvalue weighted by atomic mass is 9.34. The van der Waals surface area contributed by atoms with E-state index >= 15 is 0 Å². The lowest BCUT2D eigenvalue weighted by molar-refractivity contribution is -0.182.